The maximum absolute atomic E-state index is 13.1. The second-order valence-corrected chi connectivity index (χ2v) is 7.58. The Morgan fingerprint density at radius 2 is 1.78 bits per heavy atom. The minimum Gasteiger partial charge on any atom is -0.490 e. The predicted molar refractivity (Wildman–Crippen MR) is 103 cm³/mol. The van der Waals surface area contributed by atoms with E-state index in [4.69, 9.17) is 4.74 Å². The second-order valence-electron chi connectivity index (χ2n) is 7.58. The first-order valence-corrected chi connectivity index (χ1v) is 9.69. The number of fused-ring (bicyclic) bond motifs is 3. The highest BCUT2D eigenvalue weighted by atomic mass is 16.5. The smallest absolute Gasteiger partial charge is 0.243 e. The third-order valence-corrected chi connectivity index (χ3v) is 5.92. The molecule has 0 N–H and O–H groups in total. The Morgan fingerprint density at radius 3 is 2.56 bits per heavy atom. The molecule has 27 heavy (non-hydrogen) atoms. The van der Waals surface area contributed by atoms with E-state index >= 15 is 0 Å². The van der Waals surface area contributed by atoms with E-state index in [1.54, 1.807) is 12.4 Å². The highest BCUT2D eigenvalue weighted by molar-refractivity contribution is 5.83. The van der Waals surface area contributed by atoms with E-state index in [1.807, 2.05) is 30.5 Å². The molecule has 3 aromatic rings. The van der Waals surface area contributed by atoms with Crippen LogP contribution in [0.25, 0.3) is 10.9 Å². The van der Waals surface area contributed by atoms with Crippen LogP contribution in [0.3, 0.4) is 0 Å². The number of hydrogen-bond donors (Lipinski definition) is 0. The van der Waals surface area contributed by atoms with Gasteiger partial charge in [-0.2, -0.15) is 0 Å². The molecule has 2 unspecified atom stereocenters. The van der Waals surface area contributed by atoms with Gasteiger partial charge in [0.1, 0.15) is 18.4 Å². The first-order valence-electron chi connectivity index (χ1n) is 9.69. The lowest BCUT2D eigenvalue weighted by molar-refractivity contribution is -0.137. The number of hydrogen-bond acceptors (Lipinski definition) is 3. The lowest BCUT2D eigenvalue weighted by Crippen LogP contribution is -2.50. The third kappa shape index (κ3) is 3.07. The van der Waals surface area contributed by atoms with Gasteiger partial charge in [-0.3, -0.25) is 9.78 Å². The molecule has 0 radical (unpaired) electrons. The van der Waals surface area contributed by atoms with Crippen molar-refractivity contribution in [3.05, 3.63) is 61.1 Å². The Morgan fingerprint density at radius 1 is 1.04 bits per heavy atom. The Balaban J connectivity index is 1.28. The Bertz CT molecular complexity index is 938. The molecule has 2 aliphatic heterocycles. The summed E-state index contributed by atoms with van der Waals surface area (Å²) in [6.45, 7) is 0.413. The molecule has 5 nitrogen and oxygen atoms in total. The van der Waals surface area contributed by atoms with Gasteiger partial charge >= 0.3 is 0 Å². The molecule has 5 rings (SSSR count). The van der Waals surface area contributed by atoms with E-state index in [0.717, 1.165) is 36.9 Å². The zero-order valence-corrected chi connectivity index (χ0v) is 15.2. The number of carbonyl (C=O) groups is 1. The van der Waals surface area contributed by atoms with E-state index in [-0.39, 0.29) is 12.0 Å². The molecule has 5 heteroatoms. The summed E-state index contributed by atoms with van der Waals surface area (Å²) in [5, 5.41) is 1.18. The molecule has 2 saturated heterocycles. The van der Waals surface area contributed by atoms with Crippen LogP contribution in [0.4, 0.5) is 0 Å². The van der Waals surface area contributed by atoms with Crippen molar-refractivity contribution in [2.24, 2.45) is 0 Å². The SMILES string of the molecule is O=C(Cn1ccc2ccccc21)N1C2CCC1CC(Oc1ccncc1)C2. The van der Waals surface area contributed by atoms with Crippen molar-refractivity contribution in [3.63, 3.8) is 0 Å². The summed E-state index contributed by atoms with van der Waals surface area (Å²) in [4.78, 5) is 19.3. The zero-order chi connectivity index (χ0) is 18.2. The fourth-order valence-electron chi connectivity index (χ4n) is 4.75. The van der Waals surface area contributed by atoms with E-state index < -0.39 is 0 Å². The monoisotopic (exact) mass is 361 g/mol. The minimum absolute atomic E-state index is 0.182. The van der Waals surface area contributed by atoms with E-state index in [9.17, 15) is 4.79 Å². The summed E-state index contributed by atoms with van der Waals surface area (Å²) in [6.07, 6.45) is 9.70. The van der Waals surface area contributed by atoms with Gasteiger partial charge < -0.3 is 14.2 Å². The van der Waals surface area contributed by atoms with Crippen LogP contribution in [0.5, 0.6) is 5.75 Å². The number of nitrogens with zero attached hydrogens (tertiary/aromatic N) is 3. The summed E-state index contributed by atoms with van der Waals surface area (Å²) in [6, 6.07) is 14.7. The van der Waals surface area contributed by atoms with Crippen LogP contribution in [0, 0.1) is 0 Å². The van der Waals surface area contributed by atoms with E-state index in [2.05, 4.69) is 32.7 Å². The molecule has 2 aromatic heterocycles. The number of aromatic nitrogens is 2. The molecular weight excluding hydrogens is 338 g/mol. The standard InChI is InChI=1S/C22H23N3O2/c26-22(15-24-12-9-16-3-1-2-4-21(16)24)25-17-5-6-18(25)14-20(13-17)27-19-7-10-23-11-8-19/h1-4,7-12,17-18,20H,5-6,13-15H2. The van der Waals surface area contributed by atoms with Crippen molar-refractivity contribution in [2.75, 3.05) is 0 Å². The van der Waals surface area contributed by atoms with Crippen LogP contribution in [0.1, 0.15) is 25.7 Å². The van der Waals surface area contributed by atoms with Gasteiger partial charge in [-0.05, 0) is 42.5 Å². The van der Waals surface area contributed by atoms with Gasteiger partial charge in [-0.25, -0.2) is 0 Å². The highest BCUT2D eigenvalue weighted by Gasteiger charge is 2.43. The van der Waals surface area contributed by atoms with Crippen molar-refractivity contribution in [3.8, 4) is 5.75 Å². The van der Waals surface area contributed by atoms with Gasteiger partial charge in [0.15, 0.2) is 0 Å². The Kier molecular flexibility index (Phi) is 4.07. The molecule has 138 valence electrons. The number of carbonyl (C=O) groups excluding carboxylic acids is 1. The number of benzene rings is 1. The second kappa shape index (κ2) is 6.72. The first-order chi connectivity index (χ1) is 13.3. The van der Waals surface area contributed by atoms with Crippen molar-refractivity contribution in [1.29, 1.82) is 0 Å². The Hall–Kier alpha value is -2.82. The third-order valence-electron chi connectivity index (χ3n) is 5.92. The zero-order valence-electron chi connectivity index (χ0n) is 15.2. The minimum atomic E-state index is 0.182. The molecule has 2 bridgehead atoms. The molecule has 2 aliphatic rings. The topological polar surface area (TPSA) is 47.4 Å². The summed E-state index contributed by atoms with van der Waals surface area (Å²) in [7, 11) is 0. The summed E-state index contributed by atoms with van der Waals surface area (Å²) >= 11 is 0. The summed E-state index contributed by atoms with van der Waals surface area (Å²) < 4.78 is 8.21. The van der Waals surface area contributed by atoms with Gasteiger partial charge in [-0.1, -0.05) is 18.2 Å². The van der Waals surface area contributed by atoms with Crippen LogP contribution in [0.15, 0.2) is 61.1 Å². The fraction of sp³-hybridized carbons (Fsp3) is 0.364. The van der Waals surface area contributed by atoms with Crippen molar-refractivity contribution in [1.82, 2.24) is 14.5 Å². The van der Waals surface area contributed by atoms with Crippen molar-refractivity contribution in [2.45, 2.75) is 50.4 Å². The molecular formula is C22H23N3O2. The Labute approximate surface area is 158 Å². The van der Waals surface area contributed by atoms with E-state index in [0.29, 0.717) is 18.6 Å². The molecule has 1 amide bonds. The molecule has 0 aliphatic carbocycles. The van der Waals surface area contributed by atoms with Gasteiger partial charge in [0.2, 0.25) is 5.91 Å². The van der Waals surface area contributed by atoms with Crippen molar-refractivity contribution < 1.29 is 9.53 Å². The van der Waals surface area contributed by atoms with Gasteiger partial charge in [0, 0.05) is 49.0 Å². The van der Waals surface area contributed by atoms with Crippen LogP contribution in [-0.2, 0) is 11.3 Å². The van der Waals surface area contributed by atoms with Crippen LogP contribution in [-0.4, -0.2) is 38.5 Å². The molecule has 2 atom stereocenters. The van der Waals surface area contributed by atoms with Crippen LogP contribution >= 0.6 is 0 Å². The fourth-order valence-corrected chi connectivity index (χ4v) is 4.75. The molecule has 1 aromatic carbocycles. The quantitative estimate of drug-likeness (QED) is 0.713. The average Bonchev–Trinajstić information content (AvgIpc) is 3.21. The number of rotatable bonds is 4. The number of amides is 1. The molecule has 2 fully saturated rings. The molecule has 4 heterocycles. The predicted octanol–water partition coefficient (Wildman–Crippen LogP) is 3.64. The average molecular weight is 361 g/mol. The highest BCUT2D eigenvalue weighted by Crippen LogP contribution is 2.37. The summed E-state index contributed by atoms with van der Waals surface area (Å²) in [5.74, 6) is 1.10. The first kappa shape index (κ1) is 16.4. The van der Waals surface area contributed by atoms with Gasteiger partial charge in [-0.15, -0.1) is 0 Å². The van der Waals surface area contributed by atoms with E-state index in [1.165, 1.54) is 5.39 Å². The lowest BCUT2D eigenvalue weighted by Gasteiger charge is -2.39. The van der Waals surface area contributed by atoms with Gasteiger partial charge in [0.05, 0.1) is 0 Å². The number of para-hydroxylation sites is 1. The van der Waals surface area contributed by atoms with Crippen LogP contribution < -0.4 is 4.74 Å². The summed E-state index contributed by atoms with van der Waals surface area (Å²) in [5.41, 5.74) is 1.12. The molecule has 0 saturated carbocycles. The number of pyridine rings is 1. The lowest BCUT2D eigenvalue weighted by atomic mass is 9.99. The number of ether oxygens (including phenoxy) is 1. The largest absolute Gasteiger partial charge is 0.490 e. The van der Waals surface area contributed by atoms with Crippen molar-refractivity contribution >= 4 is 16.8 Å². The van der Waals surface area contributed by atoms with Gasteiger partial charge in [0.25, 0.3) is 0 Å². The molecule has 0 spiro atoms. The normalized spacial score (nSPS) is 24.3. The maximum atomic E-state index is 13.1. The van der Waals surface area contributed by atoms with Crippen LogP contribution in [0.2, 0.25) is 0 Å². The maximum Gasteiger partial charge on any atom is 0.243 e. The number of piperidine rings is 1.